The predicted octanol–water partition coefficient (Wildman–Crippen LogP) is 15.2. The number of ether oxygens (including phenoxy) is 1. The number of unbranched alkanes of at least 4 members (excludes halogenated alkanes) is 36. The van der Waals surface area contributed by atoms with Crippen LogP contribution in [-0.2, 0) is 19.1 Å². The average molecular weight is 804 g/mol. The van der Waals surface area contributed by atoms with Crippen molar-refractivity contribution in [3.05, 3.63) is 12.2 Å². The summed E-state index contributed by atoms with van der Waals surface area (Å²) in [5.41, 5.74) is 0. The molecule has 0 rings (SSSR count). The minimum Gasteiger partial charge on any atom is -0.456 e. The lowest BCUT2D eigenvalue weighted by atomic mass is 9.99. The molecule has 0 spiro atoms. The molecule has 6 nitrogen and oxygen atoms in total. The van der Waals surface area contributed by atoms with Crippen LogP contribution in [0.2, 0.25) is 0 Å². The van der Waals surface area contributed by atoms with Crippen molar-refractivity contribution < 1.29 is 24.2 Å². The Morgan fingerprint density at radius 3 is 1.07 bits per heavy atom. The maximum absolute atomic E-state index is 12.9. The summed E-state index contributed by atoms with van der Waals surface area (Å²) in [6.45, 7) is 7.17. The topological polar surface area (TPSA) is 92.7 Å². The fourth-order valence-corrected chi connectivity index (χ4v) is 8.03. The van der Waals surface area contributed by atoms with Crippen LogP contribution in [-0.4, -0.2) is 41.0 Å². The van der Waals surface area contributed by atoms with Gasteiger partial charge in [0.25, 0.3) is 0 Å². The number of amides is 1. The predicted molar refractivity (Wildman–Crippen MR) is 245 cm³/mol. The Kier molecular flexibility index (Phi) is 42.6. The standard InChI is InChI=1S/C51H97NO5/c1-5-7-9-11-13-15-17-19-21-23-24-25-26-27-29-31-33-35-37-39-41-43-45-49(55)52-50(51(56)46(3)53)48(57-47(4)54)44-42-40-38-36-34-32-30-28-22-20-18-16-14-12-10-8-6-2/h42,44,48,50-51,56H,5-41,43,45H2,1-4H3,(H,52,55). The first-order chi connectivity index (χ1) is 27.8. The number of rotatable bonds is 45. The van der Waals surface area contributed by atoms with Crippen molar-refractivity contribution in [2.24, 2.45) is 0 Å². The molecular weight excluding hydrogens is 707 g/mol. The lowest BCUT2D eigenvalue weighted by molar-refractivity contribution is -0.149. The van der Waals surface area contributed by atoms with Gasteiger partial charge in [0.1, 0.15) is 18.2 Å². The van der Waals surface area contributed by atoms with Crippen molar-refractivity contribution in [1.29, 1.82) is 0 Å². The zero-order chi connectivity index (χ0) is 41.9. The lowest BCUT2D eigenvalue weighted by Gasteiger charge is -2.28. The van der Waals surface area contributed by atoms with Gasteiger partial charge in [0.05, 0.1) is 0 Å². The van der Waals surface area contributed by atoms with Crippen molar-refractivity contribution in [2.75, 3.05) is 0 Å². The second-order valence-corrected chi connectivity index (χ2v) is 17.6. The van der Waals surface area contributed by atoms with Crippen LogP contribution in [0.4, 0.5) is 0 Å². The highest BCUT2D eigenvalue weighted by atomic mass is 16.5. The van der Waals surface area contributed by atoms with E-state index in [0.29, 0.717) is 6.42 Å². The first-order valence-corrected chi connectivity index (χ1v) is 25.1. The van der Waals surface area contributed by atoms with Crippen molar-refractivity contribution in [2.45, 2.75) is 296 Å². The zero-order valence-electron chi connectivity index (χ0n) is 38.5. The molecule has 0 aromatic heterocycles. The molecule has 57 heavy (non-hydrogen) atoms. The van der Waals surface area contributed by atoms with Gasteiger partial charge >= 0.3 is 5.97 Å². The number of nitrogens with one attached hydrogen (secondary N) is 1. The second kappa shape index (κ2) is 43.9. The van der Waals surface area contributed by atoms with Crippen LogP contribution in [0, 0.1) is 0 Å². The van der Waals surface area contributed by atoms with E-state index in [1.54, 1.807) is 6.08 Å². The van der Waals surface area contributed by atoms with Crippen molar-refractivity contribution in [1.82, 2.24) is 5.32 Å². The molecule has 0 aliphatic rings. The molecule has 0 saturated heterocycles. The molecule has 0 fully saturated rings. The third kappa shape index (κ3) is 39.5. The van der Waals surface area contributed by atoms with Gasteiger partial charge in [-0.3, -0.25) is 14.4 Å². The summed E-state index contributed by atoms with van der Waals surface area (Å²) >= 11 is 0. The summed E-state index contributed by atoms with van der Waals surface area (Å²) in [5.74, 6) is -1.19. The molecule has 3 unspecified atom stereocenters. The van der Waals surface area contributed by atoms with E-state index in [1.807, 2.05) is 6.08 Å². The van der Waals surface area contributed by atoms with Crippen molar-refractivity contribution >= 4 is 17.7 Å². The van der Waals surface area contributed by atoms with Gasteiger partial charge in [-0.15, -0.1) is 0 Å². The van der Waals surface area contributed by atoms with Gasteiger partial charge in [-0.1, -0.05) is 245 Å². The number of aliphatic hydroxyl groups excluding tert-OH is 1. The number of Topliss-reactive ketones (excluding diaryl/α,β-unsaturated/α-hetero) is 1. The molecule has 0 aromatic carbocycles. The third-order valence-corrected chi connectivity index (χ3v) is 11.8. The largest absolute Gasteiger partial charge is 0.456 e. The number of carbonyl (C=O) groups excluding carboxylic acids is 3. The third-order valence-electron chi connectivity index (χ3n) is 11.8. The summed E-state index contributed by atoms with van der Waals surface area (Å²) in [4.78, 5) is 37.1. The molecule has 1 amide bonds. The smallest absolute Gasteiger partial charge is 0.303 e. The molecule has 0 aliphatic carbocycles. The second-order valence-electron chi connectivity index (χ2n) is 17.6. The van der Waals surface area contributed by atoms with Gasteiger partial charge in [0.2, 0.25) is 5.91 Å². The Morgan fingerprint density at radius 2 is 0.772 bits per heavy atom. The maximum atomic E-state index is 12.9. The molecule has 6 heteroatoms. The van der Waals surface area contributed by atoms with Gasteiger partial charge in [-0.2, -0.15) is 0 Å². The Hall–Kier alpha value is -1.69. The van der Waals surface area contributed by atoms with Crippen molar-refractivity contribution in [3.8, 4) is 0 Å². The number of hydrogen-bond acceptors (Lipinski definition) is 5. The van der Waals surface area contributed by atoms with Gasteiger partial charge in [-0.25, -0.2) is 0 Å². The Labute approximate surface area is 354 Å². The first-order valence-electron chi connectivity index (χ1n) is 25.1. The number of hydrogen-bond donors (Lipinski definition) is 2. The van der Waals surface area contributed by atoms with Crippen LogP contribution < -0.4 is 5.32 Å². The highest BCUT2D eigenvalue weighted by Gasteiger charge is 2.33. The average Bonchev–Trinajstić information content (AvgIpc) is 3.19. The molecule has 0 aliphatic heterocycles. The molecule has 336 valence electrons. The van der Waals surface area contributed by atoms with Gasteiger partial charge in [0, 0.05) is 13.3 Å². The molecule has 0 heterocycles. The van der Waals surface area contributed by atoms with E-state index in [9.17, 15) is 19.5 Å². The fraction of sp³-hybridized carbons (Fsp3) is 0.902. The van der Waals surface area contributed by atoms with E-state index in [4.69, 9.17) is 4.74 Å². The van der Waals surface area contributed by atoms with Gasteiger partial charge < -0.3 is 15.2 Å². The van der Waals surface area contributed by atoms with E-state index in [0.717, 1.165) is 38.5 Å². The van der Waals surface area contributed by atoms with E-state index in [-0.39, 0.29) is 5.91 Å². The van der Waals surface area contributed by atoms with Crippen LogP contribution in [0.5, 0.6) is 0 Å². The number of allylic oxidation sites excluding steroid dienone is 1. The number of aliphatic hydroxyl groups is 1. The quantitative estimate of drug-likeness (QED) is 0.0363. The van der Waals surface area contributed by atoms with E-state index in [1.165, 1.54) is 219 Å². The molecule has 0 radical (unpaired) electrons. The SMILES string of the molecule is CCCCCCCCCCCCCCCCCC=CC(OC(C)=O)C(NC(=O)CCCCCCCCCCCCCCCCCCCCCCCC)C(O)C(C)=O. The Bertz CT molecular complexity index is 919. The van der Waals surface area contributed by atoms with Gasteiger partial charge in [-0.05, 0) is 32.3 Å². The van der Waals surface area contributed by atoms with Crippen LogP contribution in [0.1, 0.15) is 278 Å². The summed E-state index contributed by atoms with van der Waals surface area (Å²) in [7, 11) is 0. The van der Waals surface area contributed by atoms with E-state index in [2.05, 4.69) is 19.2 Å². The normalized spacial score (nSPS) is 13.2. The highest BCUT2D eigenvalue weighted by Crippen LogP contribution is 2.18. The number of carbonyl (C=O) groups is 3. The summed E-state index contributed by atoms with van der Waals surface area (Å²) < 4.78 is 5.51. The zero-order valence-corrected chi connectivity index (χ0v) is 38.5. The van der Waals surface area contributed by atoms with Crippen LogP contribution in [0.25, 0.3) is 0 Å². The summed E-state index contributed by atoms with van der Waals surface area (Å²) in [6.07, 6.45) is 51.4. The fourth-order valence-electron chi connectivity index (χ4n) is 8.03. The van der Waals surface area contributed by atoms with E-state index >= 15 is 0 Å². The molecule has 0 aromatic rings. The summed E-state index contributed by atoms with van der Waals surface area (Å²) in [5, 5.41) is 13.6. The molecule has 0 bridgehead atoms. The number of ketones is 1. The van der Waals surface area contributed by atoms with Crippen LogP contribution in [0.3, 0.4) is 0 Å². The Balaban J connectivity index is 4.08. The van der Waals surface area contributed by atoms with Crippen LogP contribution in [0.15, 0.2) is 12.2 Å². The molecule has 3 atom stereocenters. The lowest BCUT2D eigenvalue weighted by Crippen LogP contribution is -2.53. The molecule has 2 N–H and O–H groups in total. The van der Waals surface area contributed by atoms with E-state index < -0.39 is 30.0 Å². The molecular formula is C51H97NO5. The molecule has 0 saturated carbocycles. The first kappa shape index (κ1) is 55.3. The maximum Gasteiger partial charge on any atom is 0.303 e. The van der Waals surface area contributed by atoms with Crippen LogP contribution >= 0.6 is 0 Å². The Morgan fingerprint density at radius 1 is 0.474 bits per heavy atom. The monoisotopic (exact) mass is 804 g/mol. The number of esters is 1. The van der Waals surface area contributed by atoms with Gasteiger partial charge in [0.15, 0.2) is 5.78 Å². The van der Waals surface area contributed by atoms with Crippen molar-refractivity contribution in [3.63, 3.8) is 0 Å². The summed E-state index contributed by atoms with van der Waals surface area (Å²) in [6, 6.07) is -1.00. The minimum atomic E-state index is -1.45. The minimum absolute atomic E-state index is 0.221. The highest BCUT2D eigenvalue weighted by molar-refractivity contribution is 5.83.